The van der Waals surface area contributed by atoms with Gasteiger partial charge in [-0.1, -0.05) is 18.2 Å². The van der Waals surface area contributed by atoms with Crippen molar-refractivity contribution in [2.24, 2.45) is 0 Å². The van der Waals surface area contributed by atoms with Gasteiger partial charge in [0.15, 0.2) is 10.2 Å². The van der Waals surface area contributed by atoms with Crippen LogP contribution in [0.15, 0.2) is 64.2 Å². The Kier molecular flexibility index (Phi) is 5.14. The van der Waals surface area contributed by atoms with Gasteiger partial charge < -0.3 is 9.84 Å². The second-order valence-corrected chi connectivity index (χ2v) is 7.91. The molecule has 146 valence electrons. The van der Waals surface area contributed by atoms with E-state index in [0.717, 1.165) is 28.8 Å². The average Bonchev–Trinajstić information content (AvgIpc) is 3.37. The fourth-order valence-electron chi connectivity index (χ4n) is 2.60. The van der Waals surface area contributed by atoms with E-state index in [4.69, 9.17) is 4.74 Å². The summed E-state index contributed by atoms with van der Waals surface area (Å²) in [6.45, 7) is 0. The second-order valence-electron chi connectivity index (χ2n) is 5.68. The van der Waals surface area contributed by atoms with Crippen molar-refractivity contribution in [3.05, 3.63) is 64.8 Å². The Hall–Kier alpha value is -3.44. The van der Waals surface area contributed by atoms with Crippen LogP contribution in [0.2, 0.25) is 0 Å². The van der Waals surface area contributed by atoms with Gasteiger partial charge in [0, 0.05) is 5.69 Å². The lowest BCUT2D eigenvalue weighted by Crippen LogP contribution is -1.99. The van der Waals surface area contributed by atoms with Gasteiger partial charge in [0.2, 0.25) is 5.16 Å². The highest BCUT2D eigenvalue weighted by molar-refractivity contribution is 8.01. The Morgan fingerprint density at radius 3 is 2.69 bits per heavy atom. The standard InChI is InChI=1S/C18H13N5O4S2/c1-27-12-7-8-14(24)13(9-12)16-20-21-17(22(16)11-5-3-2-4-6-11)29-18-19-10-15(28-18)23(25)26/h2-10,24H,1H3. The van der Waals surface area contributed by atoms with Gasteiger partial charge in [0.25, 0.3) is 0 Å². The van der Waals surface area contributed by atoms with Crippen LogP contribution >= 0.6 is 23.1 Å². The van der Waals surface area contributed by atoms with E-state index in [0.29, 0.717) is 26.6 Å². The highest BCUT2D eigenvalue weighted by atomic mass is 32.2. The van der Waals surface area contributed by atoms with Crippen LogP contribution in [0.3, 0.4) is 0 Å². The molecule has 29 heavy (non-hydrogen) atoms. The number of phenols is 1. The Balaban J connectivity index is 1.84. The van der Waals surface area contributed by atoms with Crippen molar-refractivity contribution >= 4 is 28.1 Å². The lowest BCUT2D eigenvalue weighted by atomic mass is 10.1. The first kappa shape index (κ1) is 18.9. The quantitative estimate of drug-likeness (QED) is 0.360. The van der Waals surface area contributed by atoms with E-state index in [1.165, 1.54) is 19.4 Å². The summed E-state index contributed by atoms with van der Waals surface area (Å²) in [5, 5.41) is 30.2. The van der Waals surface area contributed by atoms with Gasteiger partial charge in [-0.15, -0.1) is 10.2 Å². The van der Waals surface area contributed by atoms with Crippen molar-refractivity contribution < 1.29 is 14.8 Å². The van der Waals surface area contributed by atoms with Crippen molar-refractivity contribution in [3.63, 3.8) is 0 Å². The summed E-state index contributed by atoms with van der Waals surface area (Å²) in [7, 11) is 1.54. The van der Waals surface area contributed by atoms with Crippen molar-refractivity contribution in [3.8, 4) is 28.6 Å². The number of rotatable bonds is 6. The summed E-state index contributed by atoms with van der Waals surface area (Å²) >= 11 is 2.11. The van der Waals surface area contributed by atoms with E-state index in [-0.39, 0.29) is 10.8 Å². The number of aromatic nitrogens is 4. The topological polar surface area (TPSA) is 116 Å². The van der Waals surface area contributed by atoms with E-state index in [2.05, 4.69) is 15.2 Å². The second kappa shape index (κ2) is 7.89. The molecular weight excluding hydrogens is 414 g/mol. The molecule has 0 fully saturated rings. The molecule has 0 bridgehead atoms. The Morgan fingerprint density at radius 2 is 2.00 bits per heavy atom. The molecule has 0 aliphatic heterocycles. The maximum Gasteiger partial charge on any atom is 0.344 e. The summed E-state index contributed by atoms with van der Waals surface area (Å²) < 4.78 is 7.48. The summed E-state index contributed by atoms with van der Waals surface area (Å²) in [5.74, 6) is 0.989. The molecule has 11 heteroatoms. The van der Waals surface area contributed by atoms with Gasteiger partial charge in [0.05, 0.1) is 17.6 Å². The summed E-state index contributed by atoms with van der Waals surface area (Å²) in [4.78, 5) is 14.5. The highest BCUT2D eigenvalue weighted by Gasteiger charge is 2.21. The largest absolute Gasteiger partial charge is 0.507 e. The predicted molar refractivity (Wildman–Crippen MR) is 108 cm³/mol. The molecule has 1 N–H and O–H groups in total. The third kappa shape index (κ3) is 3.77. The van der Waals surface area contributed by atoms with Gasteiger partial charge in [-0.3, -0.25) is 14.7 Å². The molecule has 4 aromatic rings. The molecule has 0 amide bonds. The van der Waals surface area contributed by atoms with E-state index in [9.17, 15) is 15.2 Å². The molecule has 0 aliphatic carbocycles. The zero-order valence-corrected chi connectivity index (χ0v) is 16.6. The number of para-hydroxylation sites is 1. The number of thiazole rings is 1. The number of methoxy groups -OCH3 is 1. The van der Waals surface area contributed by atoms with Crippen molar-refractivity contribution in [2.45, 2.75) is 9.50 Å². The van der Waals surface area contributed by atoms with Crippen LogP contribution < -0.4 is 4.74 Å². The third-order valence-corrected chi connectivity index (χ3v) is 5.89. The normalized spacial score (nSPS) is 10.8. The molecule has 0 unspecified atom stereocenters. The SMILES string of the molecule is COc1ccc(O)c(-c2nnc(Sc3ncc([N+](=O)[O-])s3)n2-c2ccccc2)c1. The number of nitro groups is 1. The molecule has 0 saturated heterocycles. The van der Waals surface area contributed by atoms with E-state index < -0.39 is 4.92 Å². The van der Waals surface area contributed by atoms with Crippen LogP contribution in [-0.4, -0.2) is 36.9 Å². The first-order valence-corrected chi connectivity index (χ1v) is 9.86. The maximum atomic E-state index is 10.9. The predicted octanol–water partition coefficient (Wildman–Crippen LogP) is 4.16. The number of phenolic OH excluding ortho intramolecular Hbond substituents is 1. The molecule has 2 heterocycles. The lowest BCUT2D eigenvalue weighted by molar-refractivity contribution is -0.380. The van der Waals surface area contributed by atoms with Gasteiger partial charge >= 0.3 is 5.00 Å². The lowest BCUT2D eigenvalue weighted by Gasteiger charge is -2.11. The minimum atomic E-state index is -0.483. The number of aromatic hydroxyl groups is 1. The van der Waals surface area contributed by atoms with E-state index >= 15 is 0 Å². The number of ether oxygens (including phenoxy) is 1. The number of benzene rings is 2. The molecule has 0 spiro atoms. The Labute approximate surface area is 172 Å². The molecule has 0 saturated carbocycles. The highest BCUT2D eigenvalue weighted by Crippen LogP contribution is 2.38. The van der Waals surface area contributed by atoms with Crippen molar-refractivity contribution in [1.29, 1.82) is 0 Å². The third-order valence-electron chi connectivity index (χ3n) is 3.92. The molecule has 0 aliphatic rings. The summed E-state index contributed by atoms with van der Waals surface area (Å²) in [6.07, 6.45) is 1.21. The first-order chi connectivity index (χ1) is 14.1. The molecule has 9 nitrogen and oxygen atoms in total. The molecule has 0 atom stereocenters. The van der Waals surface area contributed by atoms with Crippen LogP contribution in [0, 0.1) is 10.1 Å². The number of nitrogens with zero attached hydrogens (tertiary/aromatic N) is 5. The number of hydrogen-bond donors (Lipinski definition) is 1. The number of hydrogen-bond acceptors (Lipinski definition) is 9. The van der Waals surface area contributed by atoms with E-state index in [1.807, 2.05) is 30.3 Å². The summed E-state index contributed by atoms with van der Waals surface area (Å²) in [5.41, 5.74) is 1.21. The minimum absolute atomic E-state index is 0.0248. The van der Waals surface area contributed by atoms with Crippen LogP contribution in [0.4, 0.5) is 5.00 Å². The molecule has 2 aromatic carbocycles. The van der Waals surface area contributed by atoms with Crippen LogP contribution in [0.5, 0.6) is 11.5 Å². The van der Waals surface area contributed by atoms with E-state index in [1.54, 1.807) is 16.7 Å². The average molecular weight is 427 g/mol. The molecular formula is C18H13N5O4S2. The van der Waals surface area contributed by atoms with Crippen molar-refractivity contribution in [1.82, 2.24) is 19.7 Å². The molecule has 0 radical (unpaired) electrons. The fourth-order valence-corrected chi connectivity index (χ4v) is 4.34. The maximum absolute atomic E-state index is 10.9. The monoisotopic (exact) mass is 427 g/mol. The summed E-state index contributed by atoms with van der Waals surface area (Å²) in [6, 6.07) is 14.2. The molecule has 4 rings (SSSR count). The van der Waals surface area contributed by atoms with Gasteiger partial charge in [-0.25, -0.2) is 4.98 Å². The minimum Gasteiger partial charge on any atom is -0.507 e. The van der Waals surface area contributed by atoms with Crippen LogP contribution in [-0.2, 0) is 0 Å². The molecule has 2 aromatic heterocycles. The van der Waals surface area contributed by atoms with Crippen LogP contribution in [0.1, 0.15) is 0 Å². The Morgan fingerprint density at radius 1 is 1.21 bits per heavy atom. The first-order valence-electron chi connectivity index (χ1n) is 8.23. The smallest absolute Gasteiger partial charge is 0.344 e. The van der Waals surface area contributed by atoms with Crippen molar-refractivity contribution in [2.75, 3.05) is 7.11 Å². The zero-order valence-electron chi connectivity index (χ0n) is 14.9. The van der Waals surface area contributed by atoms with Crippen LogP contribution in [0.25, 0.3) is 17.1 Å². The van der Waals surface area contributed by atoms with Gasteiger partial charge in [0.1, 0.15) is 17.7 Å². The van der Waals surface area contributed by atoms with Gasteiger partial charge in [-0.05, 0) is 53.4 Å². The van der Waals surface area contributed by atoms with Gasteiger partial charge in [-0.2, -0.15) is 0 Å². The zero-order chi connectivity index (χ0) is 20.4. The fraction of sp³-hybridized carbons (Fsp3) is 0.0556. The Bertz CT molecular complexity index is 1180.